The van der Waals surface area contributed by atoms with Crippen LogP contribution in [0.1, 0.15) is 31.2 Å². The smallest absolute Gasteiger partial charge is 0.226 e. The van der Waals surface area contributed by atoms with E-state index in [1.807, 2.05) is 12.1 Å². The first-order valence-electron chi connectivity index (χ1n) is 8.89. The highest BCUT2D eigenvalue weighted by Gasteiger charge is 2.55. The SMILES string of the molecule is O=C(NCC1CNC1)C1(Cc2ccc(Cl)cc2)CC2CCC1C2. The monoisotopic (exact) mass is 332 g/mol. The summed E-state index contributed by atoms with van der Waals surface area (Å²) in [6.45, 7) is 2.90. The van der Waals surface area contributed by atoms with Crippen molar-refractivity contribution in [3.05, 3.63) is 34.9 Å². The van der Waals surface area contributed by atoms with Crippen LogP contribution in [-0.2, 0) is 11.2 Å². The van der Waals surface area contributed by atoms with E-state index < -0.39 is 0 Å². The third-order valence-electron chi connectivity index (χ3n) is 6.28. The van der Waals surface area contributed by atoms with Gasteiger partial charge in [0.1, 0.15) is 0 Å². The largest absolute Gasteiger partial charge is 0.355 e. The first kappa shape index (κ1) is 15.5. The summed E-state index contributed by atoms with van der Waals surface area (Å²) in [5.41, 5.74) is 1.05. The molecule has 4 heteroatoms. The summed E-state index contributed by atoms with van der Waals surface area (Å²) in [4.78, 5) is 13.1. The number of carbonyl (C=O) groups is 1. The molecule has 1 amide bonds. The Balaban J connectivity index is 1.52. The molecular formula is C19H25ClN2O. The van der Waals surface area contributed by atoms with Crippen LogP contribution in [0.15, 0.2) is 24.3 Å². The molecule has 0 spiro atoms. The van der Waals surface area contributed by atoms with Crippen molar-refractivity contribution in [2.45, 2.75) is 32.1 Å². The third-order valence-corrected chi connectivity index (χ3v) is 6.53. The number of nitrogens with one attached hydrogen (secondary N) is 2. The Morgan fingerprint density at radius 2 is 2.04 bits per heavy atom. The highest BCUT2D eigenvalue weighted by atomic mass is 35.5. The zero-order valence-electron chi connectivity index (χ0n) is 13.5. The van der Waals surface area contributed by atoms with Crippen LogP contribution in [0.2, 0.25) is 5.02 Å². The van der Waals surface area contributed by atoms with Gasteiger partial charge in [0.25, 0.3) is 0 Å². The van der Waals surface area contributed by atoms with Crippen molar-refractivity contribution < 1.29 is 4.79 Å². The number of halogens is 1. The van der Waals surface area contributed by atoms with Crippen molar-refractivity contribution >= 4 is 17.5 Å². The van der Waals surface area contributed by atoms with Crippen LogP contribution in [0, 0.1) is 23.2 Å². The predicted molar refractivity (Wildman–Crippen MR) is 92.4 cm³/mol. The summed E-state index contributed by atoms with van der Waals surface area (Å²) in [5.74, 6) is 2.22. The molecule has 3 fully saturated rings. The van der Waals surface area contributed by atoms with E-state index in [1.165, 1.54) is 24.8 Å². The van der Waals surface area contributed by atoms with Crippen molar-refractivity contribution in [2.75, 3.05) is 19.6 Å². The zero-order valence-corrected chi connectivity index (χ0v) is 14.2. The molecule has 23 heavy (non-hydrogen) atoms. The molecular weight excluding hydrogens is 308 g/mol. The molecule has 2 aliphatic carbocycles. The van der Waals surface area contributed by atoms with Gasteiger partial charge in [-0.2, -0.15) is 0 Å². The average molecular weight is 333 g/mol. The van der Waals surface area contributed by atoms with Gasteiger partial charge in [0.2, 0.25) is 5.91 Å². The average Bonchev–Trinajstić information content (AvgIpc) is 3.09. The Morgan fingerprint density at radius 3 is 2.61 bits per heavy atom. The van der Waals surface area contributed by atoms with Gasteiger partial charge in [-0.05, 0) is 55.2 Å². The van der Waals surface area contributed by atoms with Crippen LogP contribution in [0.3, 0.4) is 0 Å². The minimum absolute atomic E-state index is 0.187. The fraction of sp³-hybridized carbons (Fsp3) is 0.632. The van der Waals surface area contributed by atoms with Gasteiger partial charge in [0.05, 0.1) is 5.41 Å². The second kappa shape index (κ2) is 6.10. The molecule has 3 unspecified atom stereocenters. The molecule has 1 heterocycles. The van der Waals surface area contributed by atoms with E-state index in [0.29, 0.717) is 17.7 Å². The molecule has 2 N–H and O–H groups in total. The van der Waals surface area contributed by atoms with Gasteiger partial charge in [0, 0.05) is 30.6 Å². The molecule has 3 aliphatic rings. The second-order valence-electron chi connectivity index (χ2n) is 7.77. The topological polar surface area (TPSA) is 41.1 Å². The molecule has 3 atom stereocenters. The van der Waals surface area contributed by atoms with E-state index in [0.717, 1.165) is 43.4 Å². The van der Waals surface area contributed by atoms with Crippen LogP contribution in [0.4, 0.5) is 0 Å². The number of benzene rings is 1. The number of fused-ring (bicyclic) bond motifs is 2. The second-order valence-corrected chi connectivity index (χ2v) is 8.21. The van der Waals surface area contributed by atoms with Crippen molar-refractivity contribution in [3.63, 3.8) is 0 Å². The van der Waals surface area contributed by atoms with Crippen LogP contribution in [-0.4, -0.2) is 25.5 Å². The lowest BCUT2D eigenvalue weighted by molar-refractivity contribution is -0.134. The minimum atomic E-state index is -0.187. The Labute approximate surface area is 143 Å². The van der Waals surface area contributed by atoms with Gasteiger partial charge in [-0.15, -0.1) is 0 Å². The lowest BCUT2D eigenvalue weighted by Crippen LogP contribution is -2.52. The fourth-order valence-electron chi connectivity index (χ4n) is 4.89. The first-order chi connectivity index (χ1) is 11.2. The molecule has 3 nitrogen and oxygen atoms in total. The lowest BCUT2D eigenvalue weighted by atomic mass is 9.68. The molecule has 1 aliphatic heterocycles. The third kappa shape index (κ3) is 2.89. The number of hydrogen-bond donors (Lipinski definition) is 2. The summed E-state index contributed by atoms with van der Waals surface area (Å²) in [7, 11) is 0. The molecule has 1 aromatic carbocycles. The van der Waals surface area contributed by atoms with Crippen molar-refractivity contribution in [1.29, 1.82) is 0 Å². The molecule has 0 radical (unpaired) electrons. The highest BCUT2D eigenvalue weighted by Crippen LogP contribution is 2.57. The van der Waals surface area contributed by atoms with E-state index in [-0.39, 0.29) is 5.41 Å². The molecule has 1 aromatic rings. The van der Waals surface area contributed by atoms with Gasteiger partial charge >= 0.3 is 0 Å². The standard InChI is InChI=1S/C19H25ClN2O/c20-17-5-2-13(3-6-17)8-19(9-14-1-4-16(19)7-14)18(23)22-12-15-10-21-11-15/h2-3,5-6,14-16,21H,1,4,7-12H2,(H,22,23). The van der Waals surface area contributed by atoms with E-state index in [1.54, 1.807) is 0 Å². The van der Waals surface area contributed by atoms with Crippen LogP contribution in [0.25, 0.3) is 0 Å². The summed E-state index contributed by atoms with van der Waals surface area (Å²) in [6, 6.07) is 8.05. The first-order valence-corrected chi connectivity index (χ1v) is 9.27. The van der Waals surface area contributed by atoms with Gasteiger partial charge in [-0.25, -0.2) is 0 Å². The maximum absolute atomic E-state index is 13.1. The predicted octanol–water partition coefficient (Wildman–Crippen LogP) is 3.02. The minimum Gasteiger partial charge on any atom is -0.355 e. The summed E-state index contributed by atoms with van der Waals surface area (Å²) >= 11 is 6.01. The molecule has 0 aromatic heterocycles. The maximum Gasteiger partial charge on any atom is 0.226 e. The van der Waals surface area contributed by atoms with E-state index in [9.17, 15) is 4.79 Å². The Kier molecular flexibility index (Phi) is 4.10. The maximum atomic E-state index is 13.1. The molecule has 124 valence electrons. The Hall–Kier alpha value is -1.06. The Morgan fingerprint density at radius 1 is 1.26 bits per heavy atom. The molecule has 2 saturated carbocycles. The van der Waals surface area contributed by atoms with E-state index in [2.05, 4.69) is 22.8 Å². The summed E-state index contributed by atoms with van der Waals surface area (Å²) < 4.78 is 0. The summed E-state index contributed by atoms with van der Waals surface area (Å²) in [6.07, 6.45) is 5.70. The van der Waals surface area contributed by atoms with Crippen molar-refractivity contribution in [1.82, 2.24) is 10.6 Å². The molecule has 2 bridgehead atoms. The normalized spacial score (nSPS) is 32.7. The Bertz CT molecular complexity index is 584. The number of hydrogen-bond acceptors (Lipinski definition) is 2. The van der Waals surface area contributed by atoms with Crippen molar-refractivity contribution in [2.24, 2.45) is 23.2 Å². The van der Waals surface area contributed by atoms with E-state index in [4.69, 9.17) is 11.6 Å². The molecule has 4 rings (SSSR count). The lowest BCUT2D eigenvalue weighted by Gasteiger charge is -2.37. The summed E-state index contributed by atoms with van der Waals surface area (Å²) in [5, 5.41) is 7.31. The van der Waals surface area contributed by atoms with Crippen LogP contribution >= 0.6 is 11.6 Å². The van der Waals surface area contributed by atoms with E-state index >= 15 is 0 Å². The fourth-order valence-corrected chi connectivity index (χ4v) is 5.02. The van der Waals surface area contributed by atoms with Gasteiger partial charge in [0.15, 0.2) is 0 Å². The van der Waals surface area contributed by atoms with Gasteiger partial charge in [-0.1, -0.05) is 30.2 Å². The highest BCUT2D eigenvalue weighted by molar-refractivity contribution is 6.30. The van der Waals surface area contributed by atoms with Crippen LogP contribution in [0.5, 0.6) is 0 Å². The van der Waals surface area contributed by atoms with Gasteiger partial charge < -0.3 is 10.6 Å². The van der Waals surface area contributed by atoms with Crippen molar-refractivity contribution in [3.8, 4) is 0 Å². The quantitative estimate of drug-likeness (QED) is 0.870. The number of carbonyl (C=O) groups excluding carboxylic acids is 1. The molecule has 1 saturated heterocycles. The van der Waals surface area contributed by atoms with Crippen LogP contribution < -0.4 is 10.6 Å². The number of amides is 1. The number of rotatable bonds is 5. The van der Waals surface area contributed by atoms with Gasteiger partial charge in [-0.3, -0.25) is 4.79 Å². The zero-order chi connectivity index (χ0) is 15.9.